The lowest BCUT2D eigenvalue weighted by atomic mass is 10.1. The van der Waals surface area contributed by atoms with Gasteiger partial charge in [0, 0.05) is 54.7 Å². The van der Waals surface area contributed by atoms with Gasteiger partial charge in [-0.25, -0.2) is 9.78 Å². The minimum Gasteiger partial charge on any atom is -0.345 e. The van der Waals surface area contributed by atoms with Gasteiger partial charge >= 0.3 is 6.03 Å². The molecule has 1 aromatic carbocycles. The van der Waals surface area contributed by atoms with Gasteiger partial charge in [0.25, 0.3) is 0 Å². The molecule has 146 valence electrons. The van der Waals surface area contributed by atoms with Crippen molar-refractivity contribution in [2.24, 2.45) is 0 Å². The molecule has 0 bridgehead atoms. The number of carbonyl (C=O) groups excluding carboxylic acids is 1. The zero-order chi connectivity index (χ0) is 19.4. The van der Waals surface area contributed by atoms with E-state index in [-0.39, 0.29) is 11.6 Å². The first-order valence-electron chi connectivity index (χ1n) is 9.19. The number of anilines is 1. The molecule has 1 aliphatic rings. The van der Waals surface area contributed by atoms with E-state index in [2.05, 4.69) is 14.6 Å². The maximum absolute atomic E-state index is 12.4. The van der Waals surface area contributed by atoms with E-state index in [0.717, 1.165) is 47.6 Å². The predicted octanol–water partition coefficient (Wildman–Crippen LogP) is 3.80. The van der Waals surface area contributed by atoms with Crippen LogP contribution >= 0.6 is 23.1 Å². The molecular weight excluding hydrogens is 382 g/mol. The molecule has 1 N–H and O–H groups in total. The van der Waals surface area contributed by atoms with Gasteiger partial charge in [0.05, 0.1) is 0 Å². The second kappa shape index (κ2) is 8.44. The number of amides is 2. The molecule has 27 heavy (non-hydrogen) atoms. The average molecular weight is 408 g/mol. The highest BCUT2D eigenvalue weighted by Crippen LogP contribution is 2.21. The Balaban J connectivity index is 1.58. The third kappa shape index (κ3) is 5.81. The van der Waals surface area contributed by atoms with Gasteiger partial charge in [0.1, 0.15) is 5.82 Å². The van der Waals surface area contributed by atoms with Crippen molar-refractivity contribution in [1.29, 1.82) is 0 Å². The molecule has 1 fully saturated rings. The second-order valence-corrected chi connectivity index (χ2v) is 8.97. The first-order chi connectivity index (χ1) is 12.8. The molecule has 0 saturated carbocycles. The number of carbonyl (C=O) groups is 1. The largest absolute Gasteiger partial charge is 0.345 e. The highest BCUT2D eigenvalue weighted by atomic mass is 35.5. The minimum atomic E-state index is -0.223. The van der Waals surface area contributed by atoms with Crippen LogP contribution in [0.1, 0.15) is 38.6 Å². The fraction of sp³-hybridized carbons (Fsp3) is 0.526. The lowest BCUT2D eigenvalue weighted by Crippen LogP contribution is -2.49. The molecule has 1 aromatic heterocycles. The smallest absolute Gasteiger partial charge is 0.317 e. The molecule has 0 aliphatic carbocycles. The topological polar surface area (TPSA) is 61.4 Å². The minimum absolute atomic E-state index is 0.00467. The van der Waals surface area contributed by atoms with Gasteiger partial charge < -0.3 is 15.1 Å². The van der Waals surface area contributed by atoms with E-state index in [1.54, 1.807) is 0 Å². The third-order valence-corrected chi connectivity index (χ3v) is 5.34. The number of urea groups is 1. The Kier molecular flexibility index (Phi) is 6.22. The van der Waals surface area contributed by atoms with Crippen molar-refractivity contribution in [1.82, 2.24) is 19.6 Å². The number of aromatic nitrogens is 2. The zero-order valence-electron chi connectivity index (χ0n) is 16.0. The molecule has 1 saturated heterocycles. The predicted molar refractivity (Wildman–Crippen MR) is 111 cm³/mol. The molecule has 0 spiro atoms. The van der Waals surface area contributed by atoms with Gasteiger partial charge in [-0.2, -0.15) is 4.37 Å². The van der Waals surface area contributed by atoms with E-state index >= 15 is 0 Å². The van der Waals surface area contributed by atoms with Crippen molar-refractivity contribution in [2.75, 3.05) is 31.1 Å². The summed E-state index contributed by atoms with van der Waals surface area (Å²) in [5, 5.41) is 4.70. The Morgan fingerprint density at radius 3 is 2.63 bits per heavy atom. The fourth-order valence-corrected chi connectivity index (χ4v) is 3.80. The van der Waals surface area contributed by atoms with Crippen LogP contribution in [0.2, 0.25) is 5.02 Å². The monoisotopic (exact) mass is 407 g/mol. The van der Waals surface area contributed by atoms with Crippen LogP contribution in [-0.4, -0.2) is 52.0 Å². The zero-order valence-corrected chi connectivity index (χ0v) is 17.6. The highest BCUT2D eigenvalue weighted by molar-refractivity contribution is 7.09. The molecule has 0 atom stereocenters. The Morgan fingerprint density at radius 1 is 1.19 bits per heavy atom. The van der Waals surface area contributed by atoms with Crippen molar-refractivity contribution in [3.63, 3.8) is 0 Å². The van der Waals surface area contributed by atoms with Crippen molar-refractivity contribution in [2.45, 2.75) is 39.2 Å². The summed E-state index contributed by atoms with van der Waals surface area (Å²) in [5.74, 6) is 0.823. The van der Waals surface area contributed by atoms with Crippen molar-refractivity contribution >= 4 is 34.3 Å². The quantitative estimate of drug-likeness (QED) is 0.840. The summed E-state index contributed by atoms with van der Waals surface area (Å²) in [6.07, 6.45) is 1.62. The van der Waals surface area contributed by atoms with Crippen molar-refractivity contribution in [3.05, 3.63) is 40.7 Å². The van der Waals surface area contributed by atoms with Gasteiger partial charge in [-0.1, -0.05) is 23.7 Å². The van der Waals surface area contributed by atoms with Crippen LogP contribution in [0.3, 0.4) is 0 Å². The Morgan fingerprint density at radius 2 is 1.93 bits per heavy atom. The number of nitrogens with zero attached hydrogens (tertiary/aromatic N) is 4. The van der Waals surface area contributed by atoms with Gasteiger partial charge in [-0.05, 0) is 44.9 Å². The number of hydrogen-bond donors (Lipinski definition) is 1. The van der Waals surface area contributed by atoms with Gasteiger partial charge in [-0.3, -0.25) is 0 Å². The van der Waals surface area contributed by atoms with Gasteiger partial charge in [0.2, 0.25) is 5.13 Å². The molecular formula is C19H26ClN5OS. The summed E-state index contributed by atoms with van der Waals surface area (Å²) in [4.78, 5) is 21.2. The summed E-state index contributed by atoms with van der Waals surface area (Å²) in [6.45, 7) is 9.10. The number of nitrogens with one attached hydrogen (secondary N) is 1. The Bertz CT molecular complexity index is 771. The molecule has 3 rings (SSSR count). The highest BCUT2D eigenvalue weighted by Gasteiger charge is 2.23. The molecule has 2 amide bonds. The fourth-order valence-electron chi connectivity index (χ4n) is 2.94. The van der Waals surface area contributed by atoms with E-state index in [4.69, 9.17) is 16.6 Å². The summed E-state index contributed by atoms with van der Waals surface area (Å²) in [5.41, 5.74) is 0.920. The summed E-state index contributed by atoms with van der Waals surface area (Å²) in [7, 11) is 0. The molecule has 2 heterocycles. The third-order valence-electron chi connectivity index (χ3n) is 4.27. The van der Waals surface area contributed by atoms with Crippen molar-refractivity contribution < 1.29 is 4.79 Å². The maximum Gasteiger partial charge on any atom is 0.317 e. The molecule has 6 nitrogen and oxygen atoms in total. The molecule has 0 unspecified atom stereocenters. The van der Waals surface area contributed by atoms with Crippen molar-refractivity contribution in [3.8, 4) is 0 Å². The van der Waals surface area contributed by atoms with Gasteiger partial charge in [0.15, 0.2) is 0 Å². The number of rotatable bonds is 3. The average Bonchev–Trinajstić information content (AvgIpc) is 2.90. The second-order valence-electron chi connectivity index (χ2n) is 7.80. The van der Waals surface area contributed by atoms with Crippen LogP contribution in [0.15, 0.2) is 24.3 Å². The lowest BCUT2D eigenvalue weighted by molar-refractivity contribution is 0.192. The summed E-state index contributed by atoms with van der Waals surface area (Å²) in [6, 6.07) is 7.78. The van der Waals surface area contributed by atoms with Gasteiger partial charge in [-0.15, -0.1) is 0 Å². The molecule has 2 aromatic rings. The van der Waals surface area contributed by atoms with E-state index in [0.29, 0.717) is 13.0 Å². The molecule has 8 heteroatoms. The molecule has 1 aliphatic heterocycles. The number of benzene rings is 1. The van der Waals surface area contributed by atoms with E-state index in [1.165, 1.54) is 11.5 Å². The van der Waals surface area contributed by atoms with Crippen LogP contribution in [0.25, 0.3) is 0 Å². The Hall–Kier alpha value is -1.86. The summed E-state index contributed by atoms with van der Waals surface area (Å²) < 4.78 is 4.51. The van der Waals surface area contributed by atoms with E-state index < -0.39 is 0 Å². The maximum atomic E-state index is 12.4. The molecule has 0 radical (unpaired) electrons. The van der Waals surface area contributed by atoms with E-state index in [9.17, 15) is 4.79 Å². The van der Waals surface area contributed by atoms with Crippen LogP contribution < -0.4 is 10.2 Å². The SMILES string of the molecule is CC(C)(C)NC(=O)N1CCCN(c2nc(Cc3ccc(Cl)cc3)ns2)CC1. The van der Waals surface area contributed by atoms with Crippen LogP contribution in [0.5, 0.6) is 0 Å². The van der Waals surface area contributed by atoms with Crippen LogP contribution in [0.4, 0.5) is 9.93 Å². The standard InChI is InChI=1S/C19H26ClN5OS/c1-19(2,3)22-17(26)24-9-4-10-25(12-11-24)18-21-16(23-27-18)13-14-5-7-15(20)8-6-14/h5-8H,4,9-13H2,1-3H3,(H,22,26). The van der Waals surface area contributed by atoms with Crippen LogP contribution in [-0.2, 0) is 6.42 Å². The number of hydrogen-bond acceptors (Lipinski definition) is 5. The first kappa shape index (κ1) is 19.9. The Labute approximate surface area is 169 Å². The summed E-state index contributed by atoms with van der Waals surface area (Å²) >= 11 is 7.36. The normalized spacial score (nSPS) is 15.6. The van der Waals surface area contributed by atoms with E-state index in [1.807, 2.05) is 49.9 Å². The lowest BCUT2D eigenvalue weighted by Gasteiger charge is -2.27. The number of halogens is 1. The van der Waals surface area contributed by atoms with Crippen LogP contribution in [0, 0.1) is 0 Å². The first-order valence-corrected chi connectivity index (χ1v) is 10.3.